The van der Waals surface area contributed by atoms with Gasteiger partial charge in [0.1, 0.15) is 6.04 Å². The zero-order valence-electron chi connectivity index (χ0n) is 16.4. The molecular weight excluding hydrogens is 360 g/mol. The molecule has 1 aliphatic rings. The van der Waals surface area contributed by atoms with Crippen molar-refractivity contribution in [1.82, 2.24) is 0 Å². The highest BCUT2D eigenvalue weighted by Gasteiger charge is 2.37. The van der Waals surface area contributed by atoms with Crippen molar-refractivity contribution in [2.75, 3.05) is 15.5 Å². The van der Waals surface area contributed by atoms with E-state index in [1.165, 1.54) is 4.31 Å². The van der Waals surface area contributed by atoms with Crippen LogP contribution in [0.15, 0.2) is 42.5 Å². The van der Waals surface area contributed by atoms with Gasteiger partial charge < -0.3 is 4.90 Å². The first kappa shape index (κ1) is 19.4. The first-order valence-corrected chi connectivity index (χ1v) is 10.9. The number of fused-ring (bicyclic) bond motifs is 1. The Morgan fingerprint density at radius 1 is 1.15 bits per heavy atom. The second-order valence-corrected chi connectivity index (χ2v) is 9.33. The largest absolute Gasteiger partial charge is 0.307 e. The van der Waals surface area contributed by atoms with Crippen LogP contribution in [0, 0.1) is 13.8 Å². The molecule has 5 nitrogen and oxygen atoms in total. The van der Waals surface area contributed by atoms with E-state index in [2.05, 4.69) is 0 Å². The maximum absolute atomic E-state index is 13.4. The number of para-hydroxylation sites is 1. The lowest BCUT2D eigenvalue weighted by Crippen LogP contribution is -2.51. The molecule has 1 heterocycles. The van der Waals surface area contributed by atoms with Crippen LogP contribution in [0.3, 0.4) is 0 Å². The Labute approximate surface area is 161 Å². The van der Waals surface area contributed by atoms with E-state index in [0.29, 0.717) is 5.69 Å². The second-order valence-electron chi connectivity index (χ2n) is 7.47. The number of sulfonamides is 1. The molecule has 6 heteroatoms. The topological polar surface area (TPSA) is 57.7 Å². The Morgan fingerprint density at radius 2 is 1.74 bits per heavy atom. The van der Waals surface area contributed by atoms with E-state index in [4.69, 9.17) is 0 Å². The van der Waals surface area contributed by atoms with Crippen LogP contribution in [-0.2, 0) is 21.2 Å². The van der Waals surface area contributed by atoms with E-state index in [0.717, 1.165) is 35.1 Å². The van der Waals surface area contributed by atoms with Crippen molar-refractivity contribution >= 4 is 27.3 Å². The van der Waals surface area contributed by atoms with E-state index in [1.54, 1.807) is 24.0 Å². The highest BCUT2D eigenvalue weighted by Crippen LogP contribution is 2.34. The van der Waals surface area contributed by atoms with Gasteiger partial charge >= 0.3 is 0 Å². The fraction of sp³-hybridized carbons (Fsp3) is 0.381. The molecule has 144 valence electrons. The molecular formula is C21H26N2O3S. The van der Waals surface area contributed by atoms with Gasteiger partial charge in [0.25, 0.3) is 5.91 Å². The highest BCUT2D eigenvalue weighted by molar-refractivity contribution is 7.92. The number of carbonyl (C=O) groups excluding carboxylic acids is 1. The minimum absolute atomic E-state index is 0.00185. The Kier molecular flexibility index (Phi) is 5.04. The molecule has 0 aliphatic carbocycles. The molecule has 0 aromatic heterocycles. The fourth-order valence-electron chi connectivity index (χ4n) is 3.98. The smallest absolute Gasteiger partial charge is 0.250 e. The van der Waals surface area contributed by atoms with E-state index in [9.17, 15) is 13.2 Å². The van der Waals surface area contributed by atoms with Gasteiger partial charge in [-0.3, -0.25) is 9.10 Å². The first-order chi connectivity index (χ1) is 12.6. The predicted octanol–water partition coefficient (Wildman–Crippen LogP) is 3.44. The number of amides is 1. The lowest BCUT2D eigenvalue weighted by molar-refractivity contribution is -0.119. The molecule has 2 aromatic carbocycles. The Hall–Kier alpha value is -2.34. The van der Waals surface area contributed by atoms with Crippen LogP contribution < -0.4 is 9.21 Å². The molecule has 27 heavy (non-hydrogen) atoms. The summed E-state index contributed by atoms with van der Waals surface area (Å²) in [4.78, 5) is 15.1. The van der Waals surface area contributed by atoms with Crippen molar-refractivity contribution in [2.45, 2.75) is 46.2 Å². The Morgan fingerprint density at radius 3 is 2.33 bits per heavy atom. The normalized spacial score (nSPS) is 17.5. The lowest BCUT2D eigenvalue weighted by Gasteiger charge is -2.33. The predicted molar refractivity (Wildman–Crippen MR) is 110 cm³/mol. The van der Waals surface area contributed by atoms with Gasteiger partial charge in [-0.05, 0) is 69.0 Å². The molecule has 0 radical (unpaired) electrons. The first-order valence-electron chi connectivity index (χ1n) is 9.08. The summed E-state index contributed by atoms with van der Waals surface area (Å²) in [6.45, 7) is 7.49. The van der Waals surface area contributed by atoms with Crippen molar-refractivity contribution in [2.24, 2.45) is 0 Å². The summed E-state index contributed by atoms with van der Waals surface area (Å²) < 4.78 is 26.4. The molecule has 0 unspecified atom stereocenters. The van der Waals surface area contributed by atoms with Gasteiger partial charge in [-0.15, -0.1) is 0 Å². The minimum atomic E-state index is -3.63. The van der Waals surface area contributed by atoms with E-state index in [1.807, 2.05) is 51.1 Å². The summed E-state index contributed by atoms with van der Waals surface area (Å²) in [5.74, 6) is -0.211. The van der Waals surface area contributed by atoms with Crippen LogP contribution >= 0.6 is 0 Å². The van der Waals surface area contributed by atoms with Gasteiger partial charge in [0.05, 0.1) is 11.9 Å². The van der Waals surface area contributed by atoms with Crippen molar-refractivity contribution in [3.8, 4) is 0 Å². The molecule has 3 rings (SSSR count). The average Bonchev–Trinajstić information content (AvgIpc) is 2.87. The van der Waals surface area contributed by atoms with Gasteiger partial charge in [-0.1, -0.05) is 24.3 Å². The molecule has 0 N–H and O–H groups in total. The third kappa shape index (κ3) is 3.72. The fourth-order valence-corrected chi connectivity index (χ4v) is 5.14. The monoisotopic (exact) mass is 386 g/mol. The van der Waals surface area contributed by atoms with Crippen LogP contribution in [-0.4, -0.2) is 32.7 Å². The van der Waals surface area contributed by atoms with Crippen LogP contribution in [0.2, 0.25) is 0 Å². The molecule has 1 aliphatic heterocycles. The maximum Gasteiger partial charge on any atom is 0.250 e. The van der Waals surface area contributed by atoms with Gasteiger partial charge in [0.15, 0.2) is 0 Å². The van der Waals surface area contributed by atoms with Gasteiger partial charge in [-0.2, -0.15) is 0 Å². The summed E-state index contributed by atoms with van der Waals surface area (Å²) in [6, 6.07) is 12.6. The number of aryl methyl sites for hydroxylation is 2. The third-order valence-electron chi connectivity index (χ3n) is 4.97. The van der Waals surface area contributed by atoms with Gasteiger partial charge in [-0.25, -0.2) is 8.42 Å². The number of rotatable bonds is 4. The third-order valence-corrected chi connectivity index (χ3v) is 6.21. The van der Waals surface area contributed by atoms with E-state index < -0.39 is 16.1 Å². The van der Waals surface area contributed by atoms with Gasteiger partial charge in [0, 0.05) is 11.7 Å². The van der Waals surface area contributed by atoms with Crippen LogP contribution in [0.1, 0.15) is 30.5 Å². The number of anilines is 2. The number of hydrogen-bond acceptors (Lipinski definition) is 3. The number of nitrogens with zero attached hydrogens (tertiary/aromatic N) is 2. The minimum Gasteiger partial charge on any atom is -0.307 e. The summed E-state index contributed by atoms with van der Waals surface area (Å²) >= 11 is 0. The number of hydrogen-bond donors (Lipinski definition) is 0. The van der Waals surface area contributed by atoms with Crippen molar-refractivity contribution in [1.29, 1.82) is 0 Å². The Bertz CT molecular complexity index is 964. The highest BCUT2D eigenvalue weighted by atomic mass is 32.2. The molecule has 1 amide bonds. The van der Waals surface area contributed by atoms with Crippen LogP contribution in [0.25, 0.3) is 0 Å². The molecule has 0 spiro atoms. The summed E-state index contributed by atoms with van der Waals surface area (Å²) in [5, 5.41) is 0. The van der Waals surface area contributed by atoms with Crippen LogP contribution in [0.4, 0.5) is 11.4 Å². The molecule has 0 fully saturated rings. The average molecular weight is 387 g/mol. The lowest BCUT2D eigenvalue weighted by atomic mass is 10.1. The van der Waals surface area contributed by atoms with Crippen molar-refractivity contribution in [3.63, 3.8) is 0 Å². The maximum atomic E-state index is 13.4. The van der Waals surface area contributed by atoms with Crippen LogP contribution in [0.5, 0.6) is 0 Å². The SMILES string of the molecule is Cc1cc(C)cc(N([C@@H](C)C(=O)N2c3ccccc3C[C@H]2C)S(C)(=O)=O)c1. The Balaban J connectivity index is 2.02. The quantitative estimate of drug-likeness (QED) is 0.809. The standard InChI is InChI=1S/C21H26N2O3S/c1-14-10-15(2)12-19(11-14)23(27(5,25)26)17(4)21(24)22-16(3)13-18-8-6-7-9-20(18)22/h6-12,16-17H,13H2,1-5H3/t16-,17+/m1/s1. The van der Waals surface area contributed by atoms with E-state index >= 15 is 0 Å². The zero-order chi connectivity index (χ0) is 19.9. The molecule has 0 saturated carbocycles. The van der Waals surface area contributed by atoms with Crippen molar-refractivity contribution in [3.05, 3.63) is 59.2 Å². The van der Waals surface area contributed by atoms with E-state index in [-0.39, 0.29) is 11.9 Å². The van der Waals surface area contributed by atoms with Crippen molar-refractivity contribution < 1.29 is 13.2 Å². The number of benzene rings is 2. The molecule has 0 saturated heterocycles. The summed E-state index contributed by atoms with van der Waals surface area (Å²) in [6.07, 6.45) is 1.92. The molecule has 2 aromatic rings. The van der Waals surface area contributed by atoms with Gasteiger partial charge in [0.2, 0.25) is 10.0 Å². The molecule has 0 bridgehead atoms. The summed E-state index contributed by atoms with van der Waals surface area (Å²) in [5.41, 5.74) is 4.42. The zero-order valence-corrected chi connectivity index (χ0v) is 17.2. The molecule has 2 atom stereocenters. The summed E-state index contributed by atoms with van der Waals surface area (Å²) in [7, 11) is -3.63. The number of carbonyl (C=O) groups is 1. The second kappa shape index (κ2) is 7.00.